The maximum atomic E-state index is 11.8. The van der Waals surface area contributed by atoms with Crippen LogP contribution in [0.5, 0.6) is 0 Å². The smallest absolute Gasteiger partial charge is 0.408 e. The summed E-state index contributed by atoms with van der Waals surface area (Å²) in [6.07, 6.45) is 3.13. The van der Waals surface area contributed by atoms with E-state index in [4.69, 9.17) is 11.6 Å². The molecule has 1 aromatic rings. The van der Waals surface area contributed by atoms with Crippen LogP contribution in [0, 0.1) is 0 Å². The Morgan fingerprint density at radius 3 is 2.30 bits per heavy atom. The molecule has 0 aliphatic heterocycles. The molecule has 1 saturated carbocycles. The van der Waals surface area contributed by atoms with Gasteiger partial charge in [-0.1, -0.05) is 37.6 Å². The van der Waals surface area contributed by atoms with E-state index in [0.29, 0.717) is 11.6 Å². The third kappa shape index (κ3) is 4.85. The highest BCUT2D eigenvalue weighted by molar-refractivity contribution is 6.30. The minimum absolute atomic E-state index is 0.154. The normalized spacial score (nSPS) is 15.7. The molecule has 0 saturated heterocycles. The second-order valence-electron chi connectivity index (χ2n) is 6.35. The molecule has 1 amide bonds. The minimum Gasteiger partial charge on any atom is -0.465 e. The summed E-state index contributed by atoms with van der Waals surface area (Å²) in [5, 5.41) is 10.3. The lowest BCUT2D eigenvalue weighted by atomic mass is 10.1. The summed E-state index contributed by atoms with van der Waals surface area (Å²) in [6, 6.07) is 7.45. The van der Waals surface area contributed by atoms with Gasteiger partial charge in [0.1, 0.15) is 0 Å². The first-order chi connectivity index (χ1) is 11.0. The van der Waals surface area contributed by atoms with Crippen molar-refractivity contribution in [1.29, 1.82) is 0 Å². The fourth-order valence-electron chi connectivity index (χ4n) is 3.18. The van der Waals surface area contributed by atoms with Gasteiger partial charge in [-0.2, -0.15) is 0 Å². The van der Waals surface area contributed by atoms with Gasteiger partial charge in [0.15, 0.2) is 0 Å². The van der Waals surface area contributed by atoms with Crippen molar-refractivity contribution in [3.63, 3.8) is 0 Å². The molecular weight excluding hydrogens is 312 g/mol. The molecule has 2 rings (SSSR count). The zero-order chi connectivity index (χ0) is 16.9. The summed E-state index contributed by atoms with van der Waals surface area (Å²) in [5.41, 5.74) is 0.838. The lowest BCUT2D eigenvalue weighted by Gasteiger charge is -2.30. The largest absolute Gasteiger partial charge is 0.465 e. The second kappa shape index (κ2) is 8.02. The van der Waals surface area contributed by atoms with Crippen molar-refractivity contribution in [3.8, 4) is 0 Å². The van der Waals surface area contributed by atoms with Crippen LogP contribution in [0.3, 0.4) is 0 Å². The summed E-state index contributed by atoms with van der Waals surface area (Å²) in [5.74, 6) is 0. The molecule has 0 unspecified atom stereocenters. The molecule has 1 fully saturated rings. The van der Waals surface area contributed by atoms with Crippen LogP contribution < -0.4 is 0 Å². The molecule has 0 radical (unpaired) electrons. The summed E-state index contributed by atoms with van der Waals surface area (Å²) < 4.78 is 0. The van der Waals surface area contributed by atoms with Crippen molar-refractivity contribution < 1.29 is 9.90 Å². The standard InChI is InChI=1S/C18H27ClN2O2/c1-3-20(4-2)13-5-10-18(11-12-18)21(17(22)23)14-15-6-8-16(19)9-7-15/h6-9H,3-5,10-14H2,1-2H3,(H,22,23). The fourth-order valence-corrected chi connectivity index (χ4v) is 3.31. The average molecular weight is 339 g/mol. The van der Waals surface area contributed by atoms with Gasteiger partial charge in [-0.25, -0.2) is 4.79 Å². The molecule has 5 heteroatoms. The van der Waals surface area contributed by atoms with Crippen molar-refractivity contribution in [1.82, 2.24) is 9.80 Å². The summed E-state index contributed by atoms with van der Waals surface area (Å²) >= 11 is 5.90. The molecule has 0 spiro atoms. The first-order valence-corrected chi connectivity index (χ1v) is 8.86. The number of halogens is 1. The predicted octanol–water partition coefficient (Wildman–Crippen LogP) is 4.47. The minimum atomic E-state index is -0.819. The van der Waals surface area contributed by atoms with Gasteiger partial charge in [0, 0.05) is 17.1 Å². The number of benzene rings is 1. The van der Waals surface area contributed by atoms with Crippen LogP contribution in [-0.4, -0.2) is 46.2 Å². The number of carbonyl (C=O) groups is 1. The van der Waals surface area contributed by atoms with Crippen LogP contribution in [0.15, 0.2) is 24.3 Å². The molecular formula is C18H27ClN2O2. The van der Waals surface area contributed by atoms with Crippen molar-refractivity contribution in [2.75, 3.05) is 19.6 Å². The molecule has 0 atom stereocenters. The lowest BCUT2D eigenvalue weighted by Crippen LogP contribution is -2.41. The van der Waals surface area contributed by atoms with E-state index in [1.165, 1.54) is 0 Å². The van der Waals surface area contributed by atoms with Crippen LogP contribution in [0.2, 0.25) is 5.02 Å². The van der Waals surface area contributed by atoms with Crippen LogP contribution in [0.25, 0.3) is 0 Å². The van der Waals surface area contributed by atoms with E-state index >= 15 is 0 Å². The monoisotopic (exact) mass is 338 g/mol. The molecule has 128 valence electrons. The summed E-state index contributed by atoms with van der Waals surface area (Å²) in [6.45, 7) is 7.93. The van der Waals surface area contributed by atoms with Crippen molar-refractivity contribution >= 4 is 17.7 Å². The Labute approximate surface area is 144 Å². The topological polar surface area (TPSA) is 43.8 Å². The van der Waals surface area contributed by atoms with E-state index in [1.807, 2.05) is 24.3 Å². The highest BCUT2D eigenvalue weighted by atomic mass is 35.5. The molecule has 0 heterocycles. The Morgan fingerprint density at radius 1 is 1.22 bits per heavy atom. The fraction of sp³-hybridized carbons (Fsp3) is 0.611. The SMILES string of the molecule is CCN(CC)CCCC1(N(Cc2ccc(Cl)cc2)C(=O)O)CC1. The maximum absolute atomic E-state index is 11.8. The highest BCUT2D eigenvalue weighted by Gasteiger charge is 2.49. The second-order valence-corrected chi connectivity index (χ2v) is 6.79. The Balaban J connectivity index is 1.96. The molecule has 1 aliphatic carbocycles. The van der Waals surface area contributed by atoms with E-state index in [0.717, 1.165) is 50.9 Å². The van der Waals surface area contributed by atoms with Gasteiger partial charge in [-0.15, -0.1) is 0 Å². The van der Waals surface area contributed by atoms with Gasteiger partial charge < -0.3 is 10.0 Å². The molecule has 23 heavy (non-hydrogen) atoms. The third-order valence-electron chi connectivity index (χ3n) is 4.90. The van der Waals surface area contributed by atoms with Gasteiger partial charge in [0.05, 0.1) is 0 Å². The van der Waals surface area contributed by atoms with E-state index < -0.39 is 6.09 Å². The molecule has 1 aromatic carbocycles. The number of rotatable bonds is 9. The summed E-state index contributed by atoms with van der Waals surface area (Å²) in [4.78, 5) is 15.8. The molecule has 1 aliphatic rings. The van der Waals surface area contributed by atoms with E-state index in [1.54, 1.807) is 4.90 Å². The Kier molecular flexibility index (Phi) is 6.31. The number of hydrogen-bond donors (Lipinski definition) is 1. The molecule has 4 nitrogen and oxygen atoms in total. The summed E-state index contributed by atoms with van der Waals surface area (Å²) in [7, 11) is 0. The lowest BCUT2D eigenvalue weighted by molar-refractivity contribution is 0.107. The number of nitrogens with zero attached hydrogens (tertiary/aromatic N) is 2. The molecule has 1 N–H and O–H groups in total. The van der Waals surface area contributed by atoms with Crippen molar-refractivity contribution in [3.05, 3.63) is 34.9 Å². The average Bonchev–Trinajstić information content (AvgIpc) is 3.31. The number of hydrogen-bond acceptors (Lipinski definition) is 2. The van der Waals surface area contributed by atoms with Crippen LogP contribution in [0.1, 0.15) is 45.1 Å². The zero-order valence-electron chi connectivity index (χ0n) is 14.1. The molecule has 0 aromatic heterocycles. The van der Waals surface area contributed by atoms with E-state index in [9.17, 15) is 9.90 Å². The van der Waals surface area contributed by atoms with Gasteiger partial charge >= 0.3 is 6.09 Å². The predicted molar refractivity (Wildman–Crippen MR) is 94.0 cm³/mol. The first kappa shape index (κ1) is 18.1. The Hall–Kier alpha value is -1.26. The maximum Gasteiger partial charge on any atom is 0.408 e. The van der Waals surface area contributed by atoms with E-state index in [-0.39, 0.29) is 5.54 Å². The van der Waals surface area contributed by atoms with Crippen LogP contribution in [0.4, 0.5) is 4.79 Å². The Bertz CT molecular complexity index is 510. The Morgan fingerprint density at radius 2 is 1.83 bits per heavy atom. The van der Waals surface area contributed by atoms with Crippen LogP contribution >= 0.6 is 11.6 Å². The third-order valence-corrected chi connectivity index (χ3v) is 5.15. The van der Waals surface area contributed by atoms with Crippen molar-refractivity contribution in [2.45, 2.75) is 51.6 Å². The van der Waals surface area contributed by atoms with Gasteiger partial charge in [-0.05, 0) is 63.0 Å². The quantitative estimate of drug-likeness (QED) is 0.722. The number of amides is 1. The van der Waals surface area contributed by atoms with Gasteiger partial charge in [0.2, 0.25) is 0 Å². The highest BCUT2D eigenvalue weighted by Crippen LogP contribution is 2.46. The van der Waals surface area contributed by atoms with Crippen LogP contribution in [-0.2, 0) is 6.54 Å². The molecule has 0 bridgehead atoms. The van der Waals surface area contributed by atoms with Crippen molar-refractivity contribution in [2.24, 2.45) is 0 Å². The zero-order valence-corrected chi connectivity index (χ0v) is 14.9. The number of carboxylic acid groups (broad SMARTS) is 1. The van der Waals surface area contributed by atoms with Gasteiger partial charge in [-0.3, -0.25) is 4.90 Å². The first-order valence-electron chi connectivity index (χ1n) is 8.48. The van der Waals surface area contributed by atoms with Gasteiger partial charge in [0.25, 0.3) is 0 Å². The van der Waals surface area contributed by atoms with E-state index in [2.05, 4.69) is 18.7 Å².